The van der Waals surface area contributed by atoms with Gasteiger partial charge in [0.1, 0.15) is 5.37 Å². The van der Waals surface area contributed by atoms with Gasteiger partial charge in [0.05, 0.1) is 5.41 Å². The van der Waals surface area contributed by atoms with Crippen molar-refractivity contribution < 1.29 is 13.2 Å². The number of hydrogen-bond donors (Lipinski definition) is 1. The third-order valence-electron chi connectivity index (χ3n) is 4.85. The molecule has 2 rings (SSSR count). The third-order valence-corrected chi connectivity index (χ3v) is 8.14. The molecule has 1 N–H and O–H groups in total. The van der Waals surface area contributed by atoms with Crippen LogP contribution in [0.4, 0.5) is 0 Å². The Morgan fingerprint density at radius 1 is 1.33 bits per heavy atom. The van der Waals surface area contributed by atoms with Gasteiger partial charge in [-0.2, -0.15) is 11.8 Å². The first-order valence-electron chi connectivity index (χ1n) is 7.78. The normalized spacial score (nSPS) is 26.6. The van der Waals surface area contributed by atoms with Crippen LogP contribution in [-0.2, 0) is 14.6 Å². The van der Waals surface area contributed by atoms with Gasteiger partial charge in [-0.15, -0.1) is 0 Å². The zero-order valence-electron chi connectivity index (χ0n) is 12.9. The fraction of sp³-hybridized carbons (Fsp3) is 0.929. The first-order valence-corrected chi connectivity index (χ1v) is 10.6. The van der Waals surface area contributed by atoms with Crippen LogP contribution in [0, 0.1) is 5.41 Å². The Morgan fingerprint density at radius 2 is 2.00 bits per heavy atom. The van der Waals surface area contributed by atoms with Crippen molar-refractivity contribution in [2.75, 3.05) is 36.9 Å². The van der Waals surface area contributed by atoms with Crippen LogP contribution >= 0.6 is 11.8 Å². The summed E-state index contributed by atoms with van der Waals surface area (Å²) >= 11 is 1.63. The summed E-state index contributed by atoms with van der Waals surface area (Å²) in [5.41, 5.74) is -0.366. The molecule has 0 aromatic rings. The largest absolute Gasteiger partial charge is 0.324 e. The Balaban J connectivity index is 2.26. The van der Waals surface area contributed by atoms with Crippen molar-refractivity contribution in [3.05, 3.63) is 0 Å². The molecule has 1 atom stereocenters. The maximum atomic E-state index is 13.1. The first kappa shape index (κ1) is 17.1. The quantitative estimate of drug-likeness (QED) is 0.834. The summed E-state index contributed by atoms with van der Waals surface area (Å²) in [6.07, 6.45) is 2.41. The second-order valence-electron chi connectivity index (χ2n) is 5.86. The molecular weight excluding hydrogens is 308 g/mol. The van der Waals surface area contributed by atoms with Gasteiger partial charge in [0.2, 0.25) is 5.91 Å². The predicted molar refractivity (Wildman–Crippen MR) is 87.1 cm³/mol. The van der Waals surface area contributed by atoms with Crippen molar-refractivity contribution >= 4 is 27.5 Å². The van der Waals surface area contributed by atoms with Crippen LogP contribution in [0.5, 0.6) is 0 Å². The molecule has 0 bridgehead atoms. The lowest BCUT2D eigenvalue weighted by Gasteiger charge is -2.43. The number of piperidine rings is 1. The molecule has 122 valence electrons. The molecule has 1 unspecified atom stereocenters. The average Bonchev–Trinajstić information content (AvgIpc) is 2.54. The predicted octanol–water partition coefficient (Wildman–Crippen LogP) is 1.10. The number of carbonyl (C=O) groups is 1. The molecule has 2 aliphatic rings. The highest BCUT2D eigenvalue weighted by Gasteiger charge is 2.45. The van der Waals surface area contributed by atoms with E-state index in [4.69, 9.17) is 0 Å². The third kappa shape index (κ3) is 3.40. The maximum absolute atomic E-state index is 13.1. The van der Waals surface area contributed by atoms with Crippen molar-refractivity contribution in [2.45, 2.75) is 38.5 Å². The highest BCUT2D eigenvalue weighted by Crippen LogP contribution is 2.37. The molecule has 21 heavy (non-hydrogen) atoms. The second-order valence-corrected chi connectivity index (χ2v) is 9.46. The lowest BCUT2D eigenvalue weighted by molar-refractivity contribution is -0.144. The zero-order valence-corrected chi connectivity index (χ0v) is 14.6. The van der Waals surface area contributed by atoms with E-state index in [1.807, 2.05) is 6.92 Å². The SMILES string of the molecule is CCC1(C(=O)N2CCSCC2S(=O)(=O)CC)CCNCC1. The molecule has 1 amide bonds. The van der Waals surface area contributed by atoms with E-state index in [2.05, 4.69) is 5.32 Å². The van der Waals surface area contributed by atoms with Crippen molar-refractivity contribution in [3.63, 3.8) is 0 Å². The fourth-order valence-electron chi connectivity index (χ4n) is 3.23. The molecule has 0 spiro atoms. The van der Waals surface area contributed by atoms with E-state index >= 15 is 0 Å². The van der Waals surface area contributed by atoms with Crippen LogP contribution in [0.3, 0.4) is 0 Å². The minimum absolute atomic E-state index is 0.0637. The minimum atomic E-state index is -3.22. The Morgan fingerprint density at radius 3 is 2.57 bits per heavy atom. The van der Waals surface area contributed by atoms with E-state index in [9.17, 15) is 13.2 Å². The molecule has 0 radical (unpaired) electrons. The molecule has 2 fully saturated rings. The molecule has 2 heterocycles. The molecule has 7 heteroatoms. The minimum Gasteiger partial charge on any atom is -0.324 e. The summed E-state index contributed by atoms with van der Waals surface area (Å²) in [4.78, 5) is 14.8. The van der Waals surface area contributed by atoms with Crippen LogP contribution in [0.1, 0.15) is 33.1 Å². The van der Waals surface area contributed by atoms with Crippen molar-refractivity contribution in [2.24, 2.45) is 5.41 Å². The summed E-state index contributed by atoms with van der Waals surface area (Å²) < 4.78 is 24.7. The van der Waals surface area contributed by atoms with Gasteiger partial charge in [-0.1, -0.05) is 13.8 Å². The van der Waals surface area contributed by atoms with Crippen molar-refractivity contribution in [3.8, 4) is 0 Å². The monoisotopic (exact) mass is 334 g/mol. The van der Waals surface area contributed by atoms with Gasteiger partial charge in [-0.25, -0.2) is 8.42 Å². The number of hydrogen-bond acceptors (Lipinski definition) is 5. The van der Waals surface area contributed by atoms with E-state index in [0.717, 1.165) is 38.1 Å². The highest BCUT2D eigenvalue weighted by atomic mass is 32.2. The molecule has 0 aromatic heterocycles. The number of carbonyl (C=O) groups excluding carboxylic acids is 1. The highest BCUT2D eigenvalue weighted by molar-refractivity contribution is 8.01. The fourth-order valence-corrected chi connectivity index (χ4v) is 6.20. The molecule has 5 nitrogen and oxygen atoms in total. The number of nitrogens with zero attached hydrogens (tertiary/aromatic N) is 1. The molecule has 2 saturated heterocycles. The molecule has 0 aromatic carbocycles. The smallest absolute Gasteiger partial charge is 0.229 e. The Labute approximate surface area is 132 Å². The Kier molecular flexibility index (Phi) is 5.59. The van der Waals surface area contributed by atoms with Gasteiger partial charge in [0.15, 0.2) is 9.84 Å². The standard InChI is InChI=1S/C14H26N2O3S2/c1-3-14(5-7-15-8-6-14)13(17)16-9-10-20-11-12(16)21(18,19)4-2/h12,15H,3-11H2,1-2H3. The summed E-state index contributed by atoms with van der Waals surface area (Å²) in [5, 5.41) is 2.66. The molecule has 2 aliphatic heterocycles. The molecular formula is C14H26N2O3S2. The van der Waals surface area contributed by atoms with Crippen LogP contribution in [0.15, 0.2) is 0 Å². The van der Waals surface area contributed by atoms with Gasteiger partial charge in [0.25, 0.3) is 0 Å². The van der Waals surface area contributed by atoms with Crippen molar-refractivity contribution in [1.29, 1.82) is 0 Å². The Hall–Kier alpha value is -0.270. The van der Waals surface area contributed by atoms with Gasteiger partial charge in [-0.3, -0.25) is 4.79 Å². The van der Waals surface area contributed by atoms with Crippen LogP contribution in [0.2, 0.25) is 0 Å². The van der Waals surface area contributed by atoms with Crippen LogP contribution < -0.4 is 5.32 Å². The van der Waals surface area contributed by atoms with Gasteiger partial charge in [0, 0.05) is 23.8 Å². The number of nitrogens with one attached hydrogen (secondary N) is 1. The van der Waals surface area contributed by atoms with Gasteiger partial charge in [-0.05, 0) is 32.4 Å². The van der Waals surface area contributed by atoms with E-state index < -0.39 is 15.2 Å². The number of amides is 1. The van der Waals surface area contributed by atoms with Crippen LogP contribution in [-0.4, -0.2) is 61.5 Å². The number of thioether (sulfide) groups is 1. The Bertz CT molecular complexity index is 473. The summed E-state index contributed by atoms with van der Waals surface area (Å²) in [5.74, 6) is 1.51. The van der Waals surface area contributed by atoms with Crippen LogP contribution in [0.25, 0.3) is 0 Å². The maximum Gasteiger partial charge on any atom is 0.229 e. The van der Waals surface area contributed by atoms with E-state index in [-0.39, 0.29) is 17.1 Å². The topological polar surface area (TPSA) is 66.5 Å². The molecule has 0 aliphatic carbocycles. The van der Waals surface area contributed by atoms with Crippen molar-refractivity contribution in [1.82, 2.24) is 10.2 Å². The van der Waals surface area contributed by atoms with Gasteiger partial charge < -0.3 is 10.2 Å². The average molecular weight is 335 g/mol. The summed E-state index contributed by atoms with van der Waals surface area (Å²) in [6, 6.07) is 0. The van der Waals surface area contributed by atoms with E-state index in [0.29, 0.717) is 12.3 Å². The number of sulfone groups is 1. The number of rotatable bonds is 4. The zero-order chi connectivity index (χ0) is 15.5. The lowest BCUT2D eigenvalue weighted by Crippen LogP contribution is -2.57. The summed E-state index contributed by atoms with van der Waals surface area (Å²) in [7, 11) is -3.22. The molecule has 0 saturated carbocycles. The van der Waals surface area contributed by atoms with E-state index in [1.165, 1.54) is 0 Å². The van der Waals surface area contributed by atoms with E-state index in [1.54, 1.807) is 23.6 Å². The second kappa shape index (κ2) is 6.87. The lowest BCUT2D eigenvalue weighted by atomic mass is 9.75. The summed E-state index contributed by atoms with van der Waals surface area (Å²) in [6.45, 7) is 5.95. The first-order chi connectivity index (χ1) is 9.97. The van der Waals surface area contributed by atoms with Gasteiger partial charge >= 0.3 is 0 Å².